The third-order valence-corrected chi connectivity index (χ3v) is 1.64. The Morgan fingerprint density at radius 2 is 2.12 bits per heavy atom. The minimum Gasteiger partial charge on any atom is -0.360 e. The van der Waals surface area contributed by atoms with Gasteiger partial charge in [-0.1, -0.05) is 0 Å². The standard InChI is InChI=1S/C6H12N2/c1-6(7-2)8-4-3-5-8/h3-5H2,1-2H3. The van der Waals surface area contributed by atoms with Crippen LogP contribution in [0, 0.1) is 0 Å². The summed E-state index contributed by atoms with van der Waals surface area (Å²) in [6, 6.07) is 0. The Morgan fingerprint density at radius 3 is 2.25 bits per heavy atom. The third-order valence-electron chi connectivity index (χ3n) is 1.64. The average molecular weight is 112 g/mol. The molecule has 1 heterocycles. The molecular formula is C6H12N2. The SMILES string of the molecule is CN=C(C)N1CCC1. The van der Waals surface area contributed by atoms with Crippen LogP contribution in [0.5, 0.6) is 0 Å². The zero-order chi connectivity index (χ0) is 5.98. The number of hydrogen-bond donors (Lipinski definition) is 0. The number of amidine groups is 1. The summed E-state index contributed by atoms with van der Waals surface area (Å²) in [6.07, 6.45) is 1.34. The van der Waals surface area contributed by atoms with Crippen molar-refractivity contribution >= 4 is 5.84 Å². The first-order valence-corrected chi connectivity index (χ1v) is 3.03. The van der Waals surface area contributed by atoms with Gasteiger partial charge in [0.2, 0.25) is 0 Å². The number of nitrogens with zero attached hydrogens (tertiary/aromatic N) is 2. The third kappa shape index (κ3) is 0.831. The van der Waals surface area contributed by atoms with Crippen LogP contribution in [-0.4, -0.2) is 30.9 Å². The van der Waals surface area contributed by atoms with E-state index in [1.54, 1.807) is 0 Å². The fourth-order valence-corrected chi connectivity index (χ4v) is 0.781. The predicted molar refractivity (Wildman–Crippen MR) is 35.2 cm³/mol. The van der Waals surface area contributed by atoms with E-state index in [1.807, 2.05) is 7.05 Å². The molecule has 0 aromatic heterocycles. The lowest BCUT2D eigenvalue weighted by molar-refractivity contribution is 0.298. The van der Waals surface area contributed by atoms with Gasteiger partial charge in [-0.3, -0.25) is 4.99 Å². The topological polar surface area (TPSA) is 15.6 Å². The normalized spacial score (nSPS) is 20.8. The summed E-state index contributed by atoms with van der Waals surface area (Å²) in [5.74, 6) is 1.18. The summed E-state index contributed by atoms with van der Waals surface area (Å²) in [5.41, 5.74) is 0. The van der Waals surface area contributed by atoms with Gasteiger partial charge in [0.05, 0.1) is 5.84 Å². The van der Waals surface area contributed by atoms with E-state index in [1.165, 1.54) is 25.3 Å². The van der Waals surface area contributed by atoms with Gasteiger partial charge >= 0.3 is 0 Å². The zero-order valence-electron chi connectivity index (χ0n) is 5.52. The fourth-order valence-electron chi connectivity index (χ4n) is 0.781. The minimum atomic E-state index is 1.18. The fraction of sp³-hybridized carbons (Fsp3) is 0.833. The first kappa shape index (κ1) is 5.60. The highest BCUT2D eigenvalue weighted by atomic mass is 15.2. The van der Waals surface area contributed by atoms with Crippen molar-refractivity contribution in [2.24, 2.45) is 4.99 Å². The Morgan fingerprint density at radius 1 is 1.50 bits per heavy atom. The smallest absolute Gasteiger partial charge is 0.0954 e. The number of aliphatic imine (C=N–C) groups is 1. The Labute approximate surface area is 50.2 Å². The van der Waals surface area contributed by atoms with Crippen LogP contribution in [0.15, 0.2) is 4.99 Å². The first-order chi connectivity index (χ1) is 3.84. The van der Waals surface area contributed by atoms with Crippen LogP contribution in [0.25, 0.3) is 0 Å². The molecule has 0 unspecified atom stereocenters. The van der Waals surface area contributed by atoms with Crippen LogP contribution in [0.1, 0.15) is 13.3 Å². The van der Waals surface area contributed by atoms with Crippen molar-refractivity contribution in [1.82, 2.24) is 4.90 Å². The second-order valence-electron chi connectivity index (χ2n) is 2.11. The Hall–Kier alpha value is -0.530. The monoisotopic (exact) mass is 112 g/mol. The van der Waals surface area contributed by atoms with Crippen LogP contribution < -0.4 is 0 Å². The van der Waals surface area contributed by atoms with E-state index in [2.05, 4.69) is 16.8 Å². The molecule has 0 saturated carbocycles. The Bertz CT molecular complexity index is 103. The number of hydrogen-bond acceptors (Lipinski definition) is 1. The van der Waals surface area contributed by atoms with Crippen molar-refractivity contribution in [1.29, 1.82) is 0 Å². The molecule has 0 atom stereocenters. The van der Waals surface area contributed by atoms with E-state index in [-0.39, 0.29) is 0 Å². The molecule has 0 spiro atoms. The second kappa shape index (κ2) is 2.16. The van der Waals surface area contributed by atoms with Gasteiger partial charge in [-0.2, -0.15) is 0 Å². The van der Waals surface area contributed by atoms with Crippen molar-refractivity contribution < 1.29 is 0 Å². The van der Waals surface area contributed by atoms with Crippen LogP contribution in [0.4, 0.5) is 0 Å². The number of rotatable bonds is 0. The van der Waals surface area contributed by atoms with Crippen molar-refractivity contribution in [2.45, 2.75) is 13.3 Å². The van der Waals surface area contributed by atoms with Gasteiger partial charge in [-0.05, 0) is 13.3 Å². The zero-order valence-corrected chi connectivity index (χ0v) is 5.52. The molecule has 2 heteroatoms. The Kier molecular flexibility index (Phi) is 1.51. The van der Waals surface area contributed by atoms with Crippen LogP contribution >= 0.6 is 0 Å². The van der Waals surface area contributed by atoms with E-state index in [4.69, 9.17) is 0 Å². The molecule has 0 aliphatic carbocycles. The van der Waals surface area contributed by atoms with Gasteiger partial charge in [0, 0.05) is 20.1 Å². The molecular weight excluding hydrogens is 100 g/mol. The van der Waals surface area contributed by atoms with E-state index in [9.17, 15) is 0 Å². The summed E-state index contributed by atoms with van der Waals surface area (Å²) in [5, 5.41) is 0. The molecule has 0 aromatic rings. The second-order valence-corrected chi connectivity index (χ2v) is 2.11. The van der Waals surface area contributed by atoms with Gasteiger partial charge in [0.15, 0.2) is 0 Å². The maximum atomic E-state index is 4.05. The predicted octanol–water partition coefficient (Wildman–Crippen LogP) is 0.740. The molecule has 0 radical (unpaired) electrons. The van der Waals surface area contributed by atoms with Gasteiger partial charge in [-0.25, -0.2) is 0 Å². The molecule has 1 rings (SSSR count). The van der Waals surface area contributed by atoms with Crippen molar-refractivity contribution in [3.63, 3.8) is 0 Å². The summed E-state index contributed by atoms with van der Waals surface area (Å²) < 4.78 is 0. The van der Waals surface area contributed by atoms with Gasteiger partial charge < -0.3 is 4.90 Å². The van der Waals surface area contributed by atoms with E-state index in [0.29, 0.717) is 0 Å². The maximum absolute atomic E-state index is 4.05. The van der Waals surface area contributed by atoms with Crippen LogP contribution in [0.2, 0.25) is 0 Å². The number of likely N-dealkylation sites (tertiary alicyclic amines) is 1. The van der Waals surface area contributed by atoms with E-state index < -0.39 is 0 Å². The lowest BCUT2D eigenvalue weighted by Crippen LogP contribution is -2.40. The van der Waals surface area contributed by atoms with E-state index in [0.717, 1.165) is 0 Å². The highest BCUT2D eigenvalue weighted by Gasteiger charge is 2.13. The molecule has 0 aromatic carbocycles. The summed E-state index contributed by atoms with van der Waals surface area (Å²) in [7, 11) is 1.84. The quantitative estimate of drug-likeness (QED) is 0.333. The highest BCUT2D eigenvalue weighted by molar-refractivity contribution is 5.80. The van der Waals surface area contributed by atoms with E-state index >= 15 is 0 Å². The molecule has 1 aliphatic heterocycles. The summed E-state index contributed by atoms with van der Waals surface area (Å²) in [6.45, 7) is 4.48. The molecule has 1 saturated heterocycles. The molecule has 1 fully saturated rings. The van der Waals surface area contributed by atoms with Gasteiger partial charge in [-0.15, -0.1) is 0 Å². The molecule has 0 bridgehead atoms. The van der Waals surface area contributed by atoms with Crippen molar-refractivity contribution in [2.75, 3.05) is 20.1 Å². The highest BCUT2D eigenvalue weighted by Crippen LogP contribution is 2.05. The maximum Gasteiger partial charge on any atom is 0.0954 e. The molecule has 1 aliphatic rings. The largest absolute Gasteiger partial charge is 0.360 e. The molecule has 8 heavy (non-hydrogen) atoms. The van der Waals surface area contributed by atoms with Crippen molar-refractivity contribution in [3.05, 3.63) is 0 Å². The summed E-state index contributed by atoms with van der Waals surface area (Å²) >= 11 is 0. The van der Waals surface area contributed by atoms with Crippen molar-refractivity contribution in [3.8, 4) is 0 Å². The molecule has 46 valence electrons. The van der Waals surface area contributed by atoms with Gasteiger partial charge in [0.25, 0.3) is 0 Å². The summed E-state index contributed by atoms with van der Waals surface area (Å²) in [4.78, 5) is 6.33. The lowest BCUT2D eigenvalue weighted by Gasteiger charge is -2.32. The molecule has 0 N–H and O–H groups in total. The average Bonchev–Trinajstić information content (AvgIpc) is 1.62. The lowest BCUT2D eigenvalue weighted by atomic mass is 10.2. The minimum absolute atomic E-state index is 1.18. The van der Waals surface area contributed by atoms with Gasteiger partial charge in [0.1, 0.15) is 0 Å². The van der Waals surface area contributed by atoms with Crippen LogP contribution in [-0.2, 0) is 0 Å². The molecule has 0 amide bonds. The molecule has 2 nitrogen and oxygen atoms in total. The Balaban J connectivity index is 2.34. The van der Waals surface area contributed by atoms with Crippen LogP contribution in [0.3, 0.4) is 0 Å². The first-order valence-electron chi connectivity index (χ1n) is 3.03.